The molecule has 1 aliphatic rings. The number of methoxy groups -OCH3 is 1. The molecule has 1 aromatic heterocycles. The largest absolute Gasteiger partial charge is 0.493 e. The minimum absolute atomic E-state index is 0.0905. The highest BCUT2D eigenvalue weighted by Gasteiger charge is 2.37. The molecule has 0 aliphatic heterocycles. The normalized spacial score (nSPS) is 19.8. The van der Waals surface area contributed by atoms with Gasteiger partial charge in [-0.05, 0) is 31.9 Å². The molecule has 6 nitrogen and oxygen atoms in total. The average molecular weight is 337 g/mol. The molecule has 122 valence electrons. The van der Waals surface area contributed by atoms with Gasteiger partial charge in [-0.1, -0.05) is 11.3 Å². The third-order valence-electron chi connectivity index (χ3n) is 3.64. The zero-order valence-electron chi connectivity index (χ0n) is 12.7. The summed E-state index contributed by atoms with van der Waals surface area (Å²) in [7, 11) is 1.50. The fourth-order valence-corrected chi connectivity index (χ4v) is 2.95. The van der Waals surface area contributed by atoms with E-state index in [0.717, 1.165) is 5.01 Å². The first kappa shape index (κ1) is 15.7. The van der Waals surface area contributed by atoms with Crippen molar-refractivity contribution in [3.63, 3.8) is 0 Å². The van der Waals surface area contributed by atoms with Crippen LogP contribution in [0.2, 0.25) is 0 Å². The van der Waals surface area contributed by atoms with Crippen LogP contribution < -0.4 is 14.8 Å². The molecule has 0 atom stereocenters. The van der Waals surface area contributed by atoms with Gasteiger partial charge in [-0.3, -0.25) is 4.79 Å². The first-order valence-corrected chi connectivity index (χ1v) is 7.98. The monoisotopic (exact) mass is 337 g/mol. The van der Waals surface area contributed by atoms with Crippen molar-refractivity contribution in [2.75, 3.05) is 12.4 Å². The molecule has 0 bridgehead atoms. The van der Waals surface area contributed by atoms with Gasteiger partial charge < -0.3 is 14.8 Å². The molecule has 1 N–H and O–H groups in total. The zero-order valence-corrected chi connectivity index (χ0v) is 13.5. The Morgan fingerprint density at radius 3 is 2.78 bits per heavy atom. The lowest BCUT2D eigenvalue weighted by Crippen LogP contribution is -2.40. The molecule has 1 aromatic carbocycles. The topological polar surface area (TPSA) is 73.3 Å². The van der Waals surface area contributed by atoms with E-state index in [1.807, 2.05) is 6.92 Å². The number of aryl methyl sites for hydroxylation is 1. The lowest BCUT2D eigenvalue weighted by molar-refractivity contribution is -0.125. The molecule has 0 unspecified atom stereocenters. The van der Waals surface area contributed by atoms with Crippen LogP contribution >= 0.6 is 11.3 Å². The molecule has 1 heterocycles. The Balaban J connectivity index is 1.53. The molecule has 8 heteroatoms. The number of ether oxygens (including phenoxy) is 2. The molecule has 1 aliphatic carbocycles. The van der Waals surface area contributed by atoms with E-state index in [9.17, 15) is 9.18 Å². The van der Waals surface area contributed by atoms with Gasteiger partial charge in [0.05, 0.1) is 7.11 Å². The number of amides is 1. The van der Waals surface area contributed by atoms with Crippen LogP contribution in [0.5, 0.6) is 11.5 Å². The van der Waals surface area contributed by atoms with Crippen LogP contribution in [0, 0.1) is 18.7 Å². The Hall–Kier alpha value is -2.22. The van der Waals surface area contributed by atoms with E-state index in [1.165, 1.54) is 36.6 Å². The van der Waals surface area contributed by atoms with Crippen LogP contribution in [0.1, 0.15) is 17.8 Å². The second-order valence-corrected chi connectivity index (χ2v) is 6.50. The van der Waals surface area contributed by atoms with Crippen molar-refractivity contribution in [1.82, 2.24) is 10.2 Å². The van der Waals surface area contributed by atoms with Crippen LogP contribution in [0.4, 0.5) is 9.52 Å². The maximum absolute atomic E-state index is 13.3. The number of anilines is 1. The van der Waals surface area contributed by atoms with Crippen molar-refractivity contribution < 1.29 is 18.7 Å². The van der Waals surface area contributed by atoms with Crippen LogP contribution in [0.3, 0.4) is 0 Å². The van der Waals surface area contributed by atoms with Gasteiger partial charge in [0.15, 0.2) is 11.5 Å². The molecular weight excluding hydrogens is 321 g/mol. The van der Waals surface area contributed by atoms with Gasteiger partial charge in [0.25, 0.3) is 0 Å². The summed E-state index contributed by atoms with van der Waals surface area (Å²) in [5.74, 6) is 0.219. The van der Waals surface area contributed by atoms with Gasteiger partial charge in [-0.2, -0.15) is 0 Å². The fourth-order valence-electron chi connectivity index (χ4n) is 2.35. The van der Waals surface area contributed by atoms with Crippen LogP contribution in [0.15, 0.2) is 18.2 Å². The summed E-state index contributed by atoms with van der Waals surface area (Å²) in [6, 6.07) is 4.12. The van der Waals surface area contributed by atoms with Gasteiger partial charge in [0, 0.05) is 12.0 Å². The summed E-state index contributed by atoms with van der Waals surface area (Å²) in [6.07, 6.45) is 1.02. The maximum atomic E-state index is 13.3. The number of benzene rings is 1. The molecule has 23 heavy (non-hydrogen) atoms. The summed E-state index contributed by atoms with van der Waals surface area (Å²) < 4.78 is 24.2. The quantitative estimate of drug-likeness (QED) is 0.908. The Labute approximate surface area is 136 Å². The molecule has 3 rings (SSSR count). The number of nitrogens with zero attached hydrogens (tertiary/aromatic N) is 2. The number of nitrogens with one attached hydrogen (secondary N) is 1. The summed E-state index contributed by atoms with van der Waals surface area (Å²) in [5, 5.41) is 11.8. The third kappa shape index (κ3) is 3.58. The van der Waals surface area contributed by atoms with Crippen molar-refractivity contribution >= 4 is 22.4 Å². The molecule has 1 fully saturated rings. The molecule has 0 radical (unpaired) electrons. The number of carbonyl (C=O) groups excluding carboxylic acids is 1. The van der Waals surface area contributed by atoms with Gasteiger partial charge >= 0.3 is 0 Å². The van der Waals surface area contributed by atoms with Gasteiger partial charge in [-0.25, -0.2) is 4.39 Å². The van der Waals surface area contributed by atoms with Crippen molar-refractivity contribution in [3.05, 3.63) is 29.0 Å². The SMILES string of the molecule is COc1ccc(F)cc1OC1CC(C(=O)Nc2nnc(C)s2)C1. The predicted molar refractivity (Wildman–Crippen MR) is 83.4 cm³/mol. The number of hydrogen-bond donors (Lipinski definition) is 1. The summed E-state index contributed by atoms with van der Waals surface area (Å²) in [6.45, 7) is 1.83. The fraction of sp³-hybridized carbons (Fsp3) is 0.400. The molecule has 1 amide bonds. The van der Waals surface area contributed by atoms with E-state index in [1.54, 1.807) is 0 Å². The van der Waals surface area contributed by atoms with Crippen LogP contribution in [-0.4, -0.2) is 29.3 Å². The second kappa shape index (κ2) is 6.49. The molecule has 0 spiro atoms. The molecule has 2 aromatic rings. The minimum Gasteiger partial charge on any atom is -0.493 e. The maximum Gasteiger partial charge on any atom is 0.229 e. The number of carbonyl (C=O) groups is 1. The number of hydrogen-bond acceptors (Lipinski definition) is 6. The first-order valence-electron chi connectivity index (χ1n) is 7.16. The number of aromatic nitrogens is 2. The predicted octanol–water partition coefficient (Wildman–Crippen LogP) is 2.79. The summed E-state index contributed by atoms with van der Waals surface area (Å²) in [5.41, 5.74) is 0. The lowest BCUT2D eigenvalue weighted by Gasteiger charge is -2.34. The number of halogens is 1. The van der Waals surface area contributed by atoms with Crippen LogP contribution in [0.25, 0.3) is 0 Å². The van der Waals surface area contributed by atoms with Crippen LogP contribution in [-0.2, 0) is 4.79 Å². The molecular formula is C15H16FN3O3S. The van der Waals surface area contributed by atoms with Gasteiger partial charge in [0.1, 0.15) is 16.9 Å². The smallest absolute Gasteiger partial charge is 0.229 e. The van der Waals surface area contributed by atoms with Crippen molar-refractivity contribution in [1.29, 1.82) is 0 Å². The summed E-state index contributed by atoms with van der Waals surface area (Å²) in [4.78, 5) is 12.1. The lowest BCUT2D eigenvalue weighted by atomic mass is 9.81. The zero-order chi connectivity index (χ0) is 16.4. The Morgan fingerprint density at radius 1 is 1.35 bits per heavy atom. The Bertz CT molecular complexity index is 716. The van der Waals surface area contributed by atoms with E-state index < -0.39 is 0 Å². The molecule has 0 saturated heterocycles. The van der Waals surface area contributed by atoms with Gasteiger partial charge in [-0.15, -0.1) is 10.2 Å². The van der Waals surface area contributed by atoms with E-state index in [2.05, 4.69) is 15.5 Å². The van der Waals surface area contributed by atoms with Gasteiger partial charge in [0.2, 0.25) is 11.0 Å². The van der Waals surface area contributed by atoms with Crippen molar-refractivity contribution in [2.24, 2.45) is 5.92 Å². The summed E-state index contributed by atoms with van der Waals surface area (Å²) >= 11 is 1.33. The Morgan fingerprint density at radius 2 is 2.13 bits per heavy atom. The third-order valence-corrected chi connectivity index (χ3v) is 4.40. The van der Waals surface area contributed by atoms with E-state index in [4.69, 9.17) is 9.47 Å². The average Bonchev–Trinajstić information content (AvgIpc) is 2.87. The van der Waals surface area contributed by atoms with Crippen molar-refractivity contribution in [2.45, 2.75) is 25.9 Å². The second-order valence-electron chi connectivity index (χ2n) is 5.32. The molecule has 1 saturated carbocycles. The van der Waals surface area contributed by atoms with E-state index in [0.29, 0.717) is 29.5 Å². The number of rotatable bonds is 5. The van der Waals surface area contributed by atoms with Crippen molar-refractivity contribution in [3.8, 4) is 11.5 Å². The minimum atomic E-state index is -0.388. The highest BCUT2D eigenvalue weighted by Crippen LogP contribution is 2.36. The Kier molecular flexibility index (Phi) is 4.42. The highest BCUT2D eigenvalue weighted by atomic mass is 32.1. The van der Waals surface area contributed by atoms with E-state index >= 15 is 0 Å². The van der Waals surface area contributed by atoms with E-state index in [-0.39, 0.29) is 23.7 Å². The highest BCUT2D eigenvalue weighted by molar-refractivity contribution is 7.15. The standard InChI is InChI=1S/C15H16FN3O3S/c1-8-18-19-15(23-8)17-14(20)9-5-11(6-9)22-13-7-10(16)3-4-12(13)21-2/h3-4,7,9,11H,5-6H2,1-2H3,(H,17,19,20). The first-order chi connectivity index (χ1) is 11.0.